The lowest BCUT2D eigenvalue weighted by Gasteiger charge is -2.06. The van der Waals surface area contributed by atoms with Gasteiger partial charge in [0.25, 0.3) is 0 Å². The summed E-state index contributed by atoms with van der Waals surface area (Å²) in [6, 6.07) is 8.06. The van der Waals surface area contributed by atoms with Gasteiger partial charge < -0.3 is 4.40 Å². The number of imidazole rings is 1. The van der Waals surface area contributed by atoms with E-state index in [2.05, 4.69) is 4.98 Å². The van der Waals surface area contributed by atoms with Crippen LogP contribution >= 0.6 is 0 Å². The second kappa shape index (κ2) is 4.33. The Bertz CT molecular complexity index is 774. The molecule has 0 aliphatic heterocycles. The Hall–Kier alpha value is -2.37. The summed E-state index contributed by atoms with van der Waals surface area (Å²) in [5, 5.41) is 0. The second-order valence-electron chi connectivity index (χ2n) is 4.26. The van der Waals surface area contributed by atoms with Crippen LogP contribution < -0.4 is 0 Å². The Kier molecular flexibility index (Phi) is 2.74. The maximum Gasteiger partial charge on any atom is 0.419 e. The van der Waals surface area contributed by atoms with Gasteiger partial charge in [0.2, 0.25) is 0 Å². The number of hydrogen-bond donors (Lipinski definition) is 0. The molecular formula is C14H8F4N2. The fourth-order valence-corrected chi connectivity index (χ4v) is 2.03. The van der Waals surface area contributed by atoms with E-state index in [0.717, 1.165) is 6.07 Å². The zero-order valence-electron chi connectivity index (χ0n) is 10.0. The Morgan fingerprint density at radius 3 is 2.45 bits per heavy atom. The van der Waals surface area contributed by atoms with E-state index in [0.29, 0.717) is 0 Å². The Morgan fingerprint density at radius 2 is 1.75 bits per heavy atom. The van der Waals surface area contributed by atoms with Crippen LogP contribution in [-0.4, -0.2) is 9.38 Å². The summed E-state index contributed by atoms with van der Waals surface area (Å²) in [7, 11) is 0. The Morgan fingerprint density at radius 1 is 1.00 bits per heavy atom. The van der Waals surface area contributed by atoms with Gasteiger partial charge in [-0.15, -0.1) is 0 Å². The third-order valence-corrected chi connectivity index (χ3v) is 2.94. The maximum absolute atomic E-state index is 13.7. The van der Waals surface area contributed by atoms with E-state index in [1.165, 1.54) is 41.1 Å². The average molecular weight is 280 g/mol. The predicted molar refractivity (Wildman–Crippen MR) is 65.6 cm³/mol. The quantitative estimate of drug-likeness (QED) is 0.612. The van der Waals surface area contributed by atoms with Gasteiger partial charge in [-0.2, -0.15) is 13.2 Å². The van der Waals surface area contributed by atoms with Gasteiger partial charge >= 0.3 is 6.18 Å². The Labute approximate surface area is 111 Å². The van der Waals surface area contributed by atoms with E-state index in [1.807, 2.05) is 0 Å². The molecule has 0 atom stereocenters. The highest BCUT2D eigenvalue weighted by molar-refractivity contribution is 5.65. The van der Waals surface area contributed by atoms with Crippen molar-refractivity contribution in [1.82, 2.24) is 9.38 Å². The van der Waals surface area contributed by atoms with Crippen molar-refractivity contribution in [2.45, 2.75) is 6.18 Å². The maximum atomic E-state index is 13.7. The van der Waals surface area contributed by atoms with Crippen molar-refractivity contribution in [3.05, 3.63) is 60.2 Å². The SMILES string of the molecule is Fc1ccccc1-c1cn2cccc(C(F)(F)F)c2n1. The summed E-state index contributed by atoms with van der Waals surface area (Å²) < 4.78 is 53.6. The van der Waals surface area contributed by atoms with Crippen molar-refractivity contribution in [3.8, 4) is 11.3 Å². The molecule has 0 saturated carbocycles. The van der Waals surface area contributed by atoms with Crippen molar-refractivity contribution >= 4 is 5.65 Å². The first-order chi connectivity index (χ1) is 9.47. The van der Waals surface area contributed by atoms with Crippen LogP contribution in [0.1, 0.15) is 5.56 Å². The summed E-state index contributed by atoms with van der Waals surface area (Å²) in [5.74, 6) is -0.524. The van der Waals surface area contributed by atoms with Crippen LogP contribution in [0.25, 0.3) is 16.9 Å². The standard InChI is InChI=1S/C14H8F4N2/c15-11-6-2-1-4-9(11)12-8-20-7-3-5-10(13(20)19-12)14(16,17)18/h1-8H. The highest BCUT2D eigenvalue weighted by atomic mass is 19.4. The molecule has 2 nitrogen and oxygen atoms in total. The third-order valence-electron chi connectivity index (χ3n) is 2.94. The summed E-state index contributed by atoms with van der Waals surface area (Å²) in [5.41, 5.74) is -0.745. The van der Waals surface area contributed by atoms with E-state index in [1.54, 1.807) is 6.07 Å². The molecule has 0 N–H and O–H groups in total. The van der Waals surface area contributed by atoms with Gasteiger partial charge in [-0.3, -0.25) is 0 Å². The highest BCUT2D eigenvalue weighted by Crippen LogP contribution is 2.33. The van der Waals surface area contributed by atoms with Crippen molar-refractivity contribution in [2.75, 3.05) is 0 Å². The molecule has 20 heavy (non-hydrogen) atoms. The van der Waals surface area contributed by atoms with Crippen LogP contribution in [0.2, 0.25) is 0 Å². The molecule has 0 spiro atoms. The lowest BCUT2D eigenvalue weighted by molar-refractivity contribution is -0.136. The largest absolute Gasteiger partial charge is 0.419 e. The molecule has 0 radical (unpaired) electrons. The van der Waals surface area contributed by atoms with Gasteiger partial charge in [-0.05, 0) is 24.3 Å². The number of nitrogens with zero attached hydrogens (tertiary/aromatic N) is 2. The molecule has 2 heterocycles. The van der Waals surface area contributed by atoms with E-state index in [4.69, 9.17) is 0 Å². The molecule has 3 rings (SSSR count). The first kappa shape index (κ1) is 12.7. The zero-order chi connectivity index (χ0) is 14.3. The van der Waals surface area contributed by atoms with Crippen molar-refractivity contribution < 1.29 is 17.6 Å². The molecule has 102 valence electrons. The molecule has 0 aliphatic rings. The number of hydrogen-bond acceptors (Lipinski definition) is 1. The van der Waals surface area contributed by atoms with Gasteiger partial charge in [0.05, 0.1) is 11.3 Å². The van der Waals surface area contributed by atoms with Crippen LogP contribution in [-0.2, 0) is 6.18 Å². The number of rotatable bonds is 1. The van der Waals surface area contributed by atoms with Crippen molar-refractivity contribution in [2.24, 2.45) is 0 Å². The molecule has 3 aromatic rings. The van der Waals surface area contributed by atoms with Gasteiger partial charge in [0.15, 0.2) is 0 Å². The number of halogens is 4. The predicted octanol–water partition coefficient (Wildman–Crippen LogP) is 4.16. The van der Waals surface area contributed by atoms with Crippen LogP contribution in [0.3, 0.4) is 0 Å². The van der Waals surface area contributed by atoms with Crippen LogP contribution in [0.5, 0.6) is 0 Å². The van der Waals surface area contributed by atoms with E-state index in [9.17, 15) is 17.6 Å². The minimum Gasteiger partial charge on any atom is -0.306 e. The first-order valence-electron chi connectivity index (χ1n) is 5.76. The fraction of sp³-hybridized carbons (Fsp3) is 0.0714. The smallest absolute Gasteiger partial charge is 0.306 e. The number of benzene rings is 1. The monoisotopic (exact) mass is 280 g/mol. The van der Waals surface area contributed by atoms with Crippen LogP contribution in [0.4, 0.5) is 17.6 Å². The van der Waals surface area contributed by atoms with Gasteiger partial charge in [-0.25, -0.2) is 9.37 Å². The summed E-state index contributed by atoms with van der Waals surface area (Å²) in [6.45, 7) is 0. The van der Waals surface area contributed by atoms with E-state index >= 15 is 0 Å². The molecule has 2 aromatic heterocycles. The van der Waals surface area contributed by atoms with Crippen molar-refractivity contribution in [3.63, 3.8) is 0 Å². The molecular weight excluding hydrogens is 272 g/mol. The molecule has 0 saturated heterocycles. The van der Waals surface area contributed by atoms with Gasteiger partial charge in [0, 0.05) is 18.0 Å². The average Bonchev–Trinajstić information content (AvgIpc) is 2.81. The minimum absolute atomic E-state index is 0.166. The molecule has 0 unspecified atom stereocenters. The number of pyridine rings is 1. The van der Waals surface area contributed by atoms with Gasteiger partial charge in [-0.1, -0.05) is 12.1 Å². The van der Waals surface area contributed by atoms with E-state index in [-0.39, 0.29) is 16.9 Å². The van der Waals surface area contributed by atoms with Crippen molar-refractivity contribution in [1.29, 1.82) is 0 Å². The molecule has 0 fully saturated rings. The summed E-state index contributed by atoms with van der Waals surface area (Å²) in [4.78, 5) is 3.91. The molecule has 0 bridgehead atoms. The molecule has 1 aromatic carbocycles. The third kappa shape index (κ3) is 2.03. The fourth-order valence-electron chi connectivity index (χ4n) is 2.03. The lowest BCUT2D eigenvalue weighted by atomic mass is 10.1. The molecule has 6 heteroatoms. The molecule has 0 amide bonds. The zero-order valence-corrected chi connectivity index (χ0v) is 10.0. The lowest BCUT2D eigenvalue weighted by Crippen LogP contribution is -2.07. The number of fused-ring (bicyclic) bond motifs is 1. The number of aromatic nitrogens is 2. The first-order valence-corrected chi connectivity index (χ1v) is 5.76. The minimum atomic E-state index is -4.50. The molecule has 0 aliphatic carbocycles. The normalized spacial score (nSPS) is 12.0. The van der Waals surface area contributed by atoms with Crippen LogP contribution in [0.15, 0.2) is 48.8 Å². The van der Waals surface area contributed by atoms with Crippen LogP contribution in [0, 0.1) is 5.82 Å². The summed E-state index contributed by atoms with van der Waals surface area (Å²) >= 11 is 0. The van der Waals surface area contributed by atoms with Gasteiger partial charge in [0.1, 0.15) is 11.5 Å². The highest BCUT2D eigenvalue weighted by Gasteiger charge is 2.33. The van der Waals surface area contributed by atoms with E-state index < -0.39 is 17.6 Å². The second-order valence-corrected chi connectivity index (χ2v) is 4.26. The summed E-state index contributed by atoms with van der Waals surface area (Å²) in [6.07, 6.45) is -1.68. The number of alkyl halides is 3. The topological polar surface area (TPSA) is 17.3 Å². The Balaban J connectivity index is 2.24.